The van der Waals surface area contributed by atoms with Crippen LogP contribution in [0.25, 0.3) is 0 Å². The van der Waals surface area contributed by atoms with Crippen molar-refractivity contribution in [2.24, 2.45) is 0 Å². The molecule has 0 aliphatic heterocycles. The monoisotopic (exact) mass is 270 g/mol. The molecule has 98 valence electrons. The number of ether oxygens (including phenoxy) is 2. The van der Waals surface area contributed by atoms with Gasteiger partial charge in [0.15, 0.2) is 0 Å². The highest BCUT2D eigenvalue weighted by molar-refractivity contribution is 6.68. The summed E-state index contributed by atoms with van der Waals surface area (Å²) in [6, 6.07) is 1.60. The predicted octanol–water partition coefficient (Wildman–Crippen LogP) is 2.71. The summed E-state index contributed by atoms with van der Waals surface area (Å²) in [6.07, 6.45) is 0. The third-order valence-electron chi connectivity index (χ3n) is 2.23. The molecular weight excluding hydrogens is 248 g/mol. The SMILES string of the molecule is CCOCO[Si](CC)(CCCl)OCOCC. The molecular formula is C10H23ClO4Si. The molecule has 0 heterocycles. The van der Waals surface area contributed by atoms with Gasteiger partial charge in [0.2, 0.25) is 0 Å². The van der Waals surface area contributed by atoms with Crippen LogP contribution in [0, 0.1) is 0 Å². The molecule has 0 unspecified atom stereocenters. The van der Waals surface area contributed by atoms with Gasteiger partial charge in [-0.2, -0.15) is 0 Å². The number of alkyl halides is 1. The van der Waals surface area contributed by atoms with Gasteiger partial charge in [-0.1, -0.05) is 6.92 Å². The van der Waals surface area contributed by atoms with E-state index in [-0.39, 0.29) is 13.6 Å². The van der Waals surface area contributed by atoms with Gasteiger partial charge in [-0.3, -0.25) is 0 Å². The van der Waals surface area contributed by atoms with Crippen molar-refractivity contribution in [1.29, 1.82) is 0 Å². The van der Waals surface area contributed by atoms with Crippen LogP contribution in [0.1, 0.15) is 20.8 Å². The van der Waals surface area contributed by atoms with Crippen LogP contribution in [0.5, 0.6) is 0 Å². The van der Waals surface area contributed by atoms with Crippen molar-refractivity contribution in [2.45, 2.75) is 32.9 Å². The van der Waals surface area contributed by atoms with Gasteiger partial charge in [0, 0.05) is 25.1 Å². The van der Waals surface area contributed by atoms with E-state index in [2.05, 4.69) is 6.92 Å². The Kier molecular flexibility index (Phi) is 10.7. The van der Waals surface area contributed by atoms with Crippen molar-refractivity contribution in [3.8, 4) is 0 Å². The highest BCUT2D eigenvalue weighted by Gasteiger charge is 2.35. The fraction of sp³-hybridized carbons (Fsp3) is 1.00. The summed E-state index contributed by atoms with van der Waals surface area (Å²) < 4.78 is 21.9. The van der Waals surface area contributed by atoms with E-state index in [1.165, 1.54) is 0 Å². The molecule has 0 aromatic rings. The number of hydrogen-bond donors (Lipinski definition) is 0. The Morgan fingerprint density at radius 2 is 1.44 bits per heavy atom. The van der Waals surface area contributed by atoms with Gasteiger partial charge < -0.3 is 18.3 Å². The third kappa shape index (κ3) is 6.83. The maximum Gasteiger partial charge on any atom is 0.342 e. The zero-order valence-electron chi connectivity index (χ0n) is 10.5. The molecule has 4 nitrogen and oxygen atoms in total. The predicted molar refractivity (Wildman–Crippen MR) is 66.9 cm³/mol. The van der Waals surface area contributed by atoms with Gasteiger partial charge >= 0.3 is 8.56 Å². The summed E-state index contributed by atoms with van der Waals surface area (Å²) in [5.74, 6) is 0.540. The van der Waals surface area contributed by atoms with E-state index in [1.807, 2.05) is 13.8 Å². The number of rotatable bonds is 11. The lowest BCUT2D eigenvalue weighted by atomic mass is 10.9. The van der Waals surface area contributed by atoms with Crippen LogP contribution in [0.4, 0.5) is 0 Å². The van der Waals surface area contributed by atoms with Crippen molar-refractivity contribution in [3.05, 3.63) is 0 Å². The Morgan fingerprint density at radius 1 is 0.938 bits per heavy atom. The van der Waals surface area contributed by atoms with Crippen molar-refractivity contribution < 1.29 is 18.3 Å². The highest BCUT2D eigenvalue weighted by Crippen LogP contribution is 2.19. The second kappa shape index (κ2) is 10.5. The largest absolute Gasteiger partial charge is 0.370 e. The van der Waals surface area contributed by atoms with Gasteiger partial charge in [0.1, 0.15) is 13.6 Å². The van der Waals surface area contributed by atoms with Gasteiger partial charge in [0.05, 0.1) is 0 Å². The van der Waals surface area contributed by atoms with E-state index in [4.69, 9.17) is 29.9 Å². The average Bonchev–Trinajstić information content (AvgIpc) is 2.29. The van der Waals surface area contributed by atoms with Crippen molar-refractivity contribution in [3.63, 3.8) is 0 Å². The van der Waals surface area contributed by atoms with Crippen LogP contribution in [-0.4, -0.2) is 41.2 Å². The standard InChI is InChI=1S/C10H23ClO4Si/c1-4-12-9-14-16(6-3,8-7-11)15-10-13-5-2/h4-10H2,1-3H3. The van der Waals surface area contributed by atoms with Crippen LogP contribution in [-0.2, 0) is 18.3 Å². The number of hydrogen-bond acceptors (Lipinski definition) is 4. The fourth-order valence-corrected chi connectivity index (χ4v) is 4.06. The molecule has 0 N–H and O–H groups in total. The lowest BCUT2D eigenvalue weighted by Gasteiger charge is -2.28. The Morgan fingerprint density at radius 3 is 1.75 bits per heavy atom. The molecule has 0 amide bonds. The van der Waals surface area contributed by atoms with E-state index < -0.39 is 8.56 Å². The van der Waals surface area contributed by atoms with Crippen LogP contribution < -0.4 is 0 Å². The maximum atomic E-state index is 5.78. The quantitative estimate of drug-likeness (QED) is 0.250. The average molecular weight is 271 g/mol. The van der Waals surface area contributed by atoms with E-state index in [1.54, 1.807) is 0 Å². The van der Waals surface area contributed by atoms with Gasteiger partial charge in [-0.15, -0.1) is 11.6 Å². The molecule has 0 rings (SSSR count). The molecule has 0 saturated heterocycles. The molecule has 0 aromatic heterocycles. The molecule has 0 aliphatic carbocycles. The summed E-state index contributed by atoms with van der Waals surface area (Å²) in [6.45, 7) is 7.75. The van der Waals surface area contributed by atoms with Crippen LogP contribution in [0.2, 0.25) is 12.1 Å². The zero-order valence-corrected chi connectivity index (χ0v) is 12.2. The minimum absolute atomic E-state index is 0.277. The maximum absolute atomic E-state index is 5.78. The molecule has 0 saturated carbocycles. The zero-order chi connectivity index (χ0) is 12.3. The van der Waals surface area contributed by atoms with Gasteiger partial charge in [-0.05, 0) is 19.9 Å². The van der Waals surface area contributed by atoms with Gasteiger partial charge in [-0.25, -0.2) is 0 Å². The smallest absolute Gasteiger partial charge is 0.342 e. The summed E-state index contributed by atoms with van der Waals surface area (Å²) >= 11 is 5.78. The van der Waals surface area contributed by atoms with E-state index in [0.717, 1.165) is 12.1 Å². The number of halogens is 1. The Hall–Kier alpha value is 0.347. The lowest BCUT2D eigenvalue weighted by Crippen LogP contribution is -2.43. The summed E-state index contributed by atoms with van der Waals surface area (Å²) in [4.78, 5) is 0. The normalized spacial score (nSPS) is 12.0. The van der Waals surface area contributed by atoms with E-state index >= 15 is 0 Å². The van der Waals surface area contributed by atoms with Crippen molar-refractivity contribution in [2.75, 3.05) is 32.7 Å². The molecule has 0 aromatic carbocycles. The first-order chi connectivity index (χ1) is 7.74. The second-order valence-electron chi connectivity index (χ2n) is 3.21. The highest BCUT2D eigenvalue weighted by atomic mass is 35.5. The van der Waals surface area contributed by atoms with Crippen LogP contribution in [0.15, 0.2) is 0 Å². The molecule has 6 heteroatoms. The molecule has 0 radical (unpaired) electrons. The minimum Gasteiger partial charge on any atom is -0.370 e. The second-order valence-corrected chi connectivity index (χ2v) is 7.20. The van der Waals surface area contributed by atoms with Crippen molar-refractivity contribution in [1.82, 2.24) is 0 Å². The van der Waals surface area contributed by atoms with E-state index in [0.29, 0.717) is 19.1 Å². The molecule has 16 heavy (non-hydrogen) atoms. The minimum atomic E-state index is -2.23. The van der Waals surface area contributed by atoms with Crippen molar-refractivity contribution >= 4 is 20.2 Å². The molecule has 0 spiro atoms. The van der Waals surface area contributed by atoms with Gasteiger partial charge in [0.25, 0.3) is 0 Å². The molecule has 0 aliphatic rings. The Balaban J connectivity index is 4.09. The first-order valence-corrected chi connectivity index (χ1v) is 8.50. The fourth-order valence-electron chi connectivity index (χ4n) is 1.18. The van der Waals surface area contributed by atoms with Crippen LogP contribution in [0.3, 0.4) is 0 Å². The lowest BCUT2D eigenvalue weighted by molar-refractivity contribution is -0.0400. The summed E-state index contributed by atoms with van der Waals surface area (Å²) in [5, 5.41) is 0. The van der Waals surface area contributed by atoms with E-state index in [9.17, 15) is 0 Å². The first-order valence-electron chi connectivity index (χ1n) is 5.74. The topological polar surface area (TPSA) is 36.9 Å². The summed E-state index contributed by atoms with van der Waals surface area (Å²) in [7, 11) is -2.23. The first kappa shape index (κ1) is 16.3. The Bertz CT molecular complexity index is 150. The molecule has 0 fully saturated rings. The van der Waals surface area contributed by atoms with Crippen LogP contribution >= 0.6 is 11.6 Å². The third-order valence-corrected chi connectivity index (χ3v) is 6.12. The summed E-state index contributed by atoms with van der Waals surface area (Å²) in [5.41, 5.74) is 0. The molecule has 0 bridgehead atoms. The molecule has 0 atom stereocenters. The Labute approximate surface area is 104 Å².